The summed E-state index contributed by atoms with van der Waals surface area (Å²) in [5, 5.41) is 3.89. The summed E-state index contributed by atoms with van der Waals surface area (Å²) in [6, 6.07) is 13.7. The molecule has 1 heterocycles. The van der Waals surface area contributed by atoms with Crippen molar-refractivity contribution in [3.05, 3.63) is 64.4 Å². The van der Waals surface area contributed by atoms with E-state index < -0.39 is 5.97 Å². The summed E-state index contributed by atoms with van der Waals surface area (Å²) in [6.45, 7) is 4.75. The molecular formula is C23H25N3O4S. The van der Waals surface area contributed by atoms with Gasteiger partial charge in [-0.2, -0.15) is 0 Å². The van der Waals surface area contributed by atoms with Crippen LogP contribution in [0.4, 0.5) is 5.69 Å². The lowest BCUT2D eigenvalue weighted by atomic mass is 10.1. The van der Waals surface area contributed by atoms with Gasteiger partial charge >= 0.3 is 5.97 Å². The number of nitrogens with one attached hydrogen (secondary N) is 1. The zero-order valence-electron chi connectivity index (χ0n) is 17.8. The summed E-state index contributed by atoms with van der Waals surface area (Å²) >= 11 is 1.23. The molecular weight excluding hydrogens is 414 g/mol. The van der Waals surface area contributed by atoms with Crippen LogP contribution in [0.2, 0.25) is 0 Å². The average Bonchev–Trinajstić information content (AvgIpc) is 2.77. The van der Waals surface area contributed by atoms with Crippen molar-refractivity contribution in [2.24, 2.45) is 5.92 Å². The first-order valence-corrected chi connectivity index (χ1v) is 11.0. The van der Waals surface area contributed by atoms with Crippen LogP contribution in [0, 0.1) is 5.92 Å². The number of methoxy groups -OCH3 is 1. The lowest BCUT2D eigenvalue weighted by Crippen LogP contribution is -2.25. The normalized spacial score (nSPS) is 11.0. The van der Waals surface area contributed by atoms with Gasteiger partial charge in [0.05, 0.1) is 29.3 Å². The molecule has 1 aromatic heterocycles. The third kappa shape index (κ3) is 5.73. The number of rotatable bonds is 8. The molecule has 1 amide bonds. The zero-order valence-corrected chi connectivity index (χ0v) is 18.6. The Kier molecular flexibility index (Phi) is 7.46. The van der Waals surface area contributed by atoms with Crippen LogP contribution in [-0.4, -0.2) is 34.3 Å². The Morgan fingerprint density at radius 3 is 2.52 bits per heavy atom. The van der Waals surface area contributed by atoms with Gasteiger partial charge in [0.15, 0.2) is 5.16 Å². The summed E-state index contributed by atoms with van der Waals surface area (Å²) in [5.74, 6) is -0.123. The molecule has 3 aromatic rings. The van der Waals surface area contributed by atoms with Crippen molar-refractivity contribution in [3.8, 4) is 0 Å². The molecule has 7 nitrogen and oxygen atoms in total. The number of esters is 1. The Bertz CT molecular complexity index is 1140. The number of hydrogen-bond acceptors (Lipinski definition) is 6. The second-order valence-electron chi connectivity index (χ2n) is 7.46. The first kappa shape index (κ1) is 22.6. The number of nitrogens with zero attached hydrogens (tertiary/aromatic N) is 2. The number of aromatic nitrogens is 2. The first-order valence-electron chi connectivity index (χ1n) is 9.99. The number of ether oxygens (including phenoxy) is 1. The number of para-hydroxylation sites is 1. The Morgan fingerprint density at radius 1 is 1.13 bits per heavy atom. The summed E-state index contributed by atoms with van der Waals surface area (Å²) in [4.78, 5) is 41.6. The van der Waals surface area contributed by atoms with E-state index >= 15 is 0 Å². The zero-order chi connectivity index (χ0) is 22.4. The lowest BCUT2D eigenvalue weighted by molar-refractivity contribution is -0.113. The molecule has 0 unspecified atom stereocenters. The van der Waals surface area contributed by atoms with Crippen LogP contribution < -0.4 is 10.9 Å². The average molecular weight is 440 g/mol. The first-order chi connectivity index (χ1) is 14.9. The van der Waals surface area contributed by atoms with Crippen molar-refractivity contribution in [1.29, 1.82) is 0 Å². The maximum atomic E-state index is 13.0. The van der Waals surface area contributed by atoms with Crippen LogP contribution in [0.15, 0.2) is 58.5 Å². The number of hydrogen-bond donors (Lipinski definition) is 1. The van der Waals surface area contributed by atoms with Gasteiger partial charge in [-0.3, -0.25) is 14.2 Å². The highest BCUT2D eigenvalue weighted by atomic mass is 32.2. The second kappa shape index (κ2) is 10.3. The number of anilines is 1. The molecule has 1 N–H and O–H groups in total. The lowest BCUT2D eigenvalue weighted by Gasteiger charge is -2.14. The Balaban J connectivity index is 1.74. The molecule has 0 spiro atoms. The second-order valence-corrected chi connectivity index (χ2v) is 8.40. The van der Waals surface area contributed by atoms with Crippen molar-refractivity contribution in [1.82, 2.24) is 9.55 Å². The van der Waals surface area contributed by atoms with E-state index in [0.717, 1.165) is 6.42 Å². The van der Waals surface area contributed by atoms with Crippen molar-refractivity contribution in [2.45, 2.75) is 32.0 Å². The van der Waals surface area contributed by atoms with E-state index in [0.29, 0.717) is 39.8 Å². The summed E-state index contributed by atoms with van der Waals surface area (Å²) in [7, 11) is 1.32. The Hall–Kier alpha value is -3.13. The number of amides is 1. The fourth-order valence-corrected chi connectivity index (χ4v) is 3.80. The minimum Gasteiger partial charge on any atom is -0.465 e. The number of benzene rings is 2. The highest BCUT2D eigenvalue weighted by molar-refractivity contribution is 7.99. The molecule has 0 aliphatic heterocycles. The van der Waals surface area contributed by atoms with Crippen LogP contribution in [-0.2, 0) is 16.1 Å². The number of carbonyl (C=O) groups excluding carboxylic acids is 2. The molecule has 0 radical (unpaired) electrons. The van der Waals surface area contributed by atoms with Gasteiger partial charge in [0, 0.05) is 12.2 Å². The third-order valence-electron chi connectivity index (χ3n) is 4.68. The van der Waals surface area contributed by atoms with Crippen molar-refractivity contribution in [2.75, 3.05) is 18.2 Å². The van der Waals surface area contributed by atoms with Gasteiger partial charge in [-0.15, -0.1) is 0 Å². The van der Waals surface area contributed by atoms with Crippen molar-refractivity contribution >= 4 is 40.2 Å². The van der Waals surface area contributed by atoms with Crippen molar-refractivity contribution < 1.29 is 14.3 Å². The molecule has 0 aliphatic rings. The third-order valence-corrected chi connectivity index (χ3v) is 5.66. The monoisotopic (exact) mass is 439 g/mol. The van der Waals surface area contributed by atoms with Gasteiger partial charge in [-0.25, -0.2) is 9.78 Å². The van der Waals surface area contributed by atoms with Crippen LogP contribution >= 0.6 is 11.8 Å². The fourth-order valence-electron chi connectivity index (χ4n) is 2.98. The topological polar surface area (TPSA) is 90.3 Å². The number of thioether (sulfide) groups is 1. The quantitative estimate of drug-likeness (QED) is 0.325. The Morgan fingerprint density at radius 2 is 1.84 bits per heavy atom. The predicted molar refractivity (Wildman–Crippen MR) is 123 cm³/mol. The molecule has 0 saturated heterocycles. The molecule has 2 aromatic carbocycles. The highest BCUT2D eigenvalue weighted by Crippen LogP contribution is 2.20. The summed E-state index contributed by atoms with van der Waals surface area (Å²) in [5.41, 5.74) is 1.51. The Labute approximate surface area is 184 Å². The maximum absolute atomic E-state index is 13.0. The van der Waals surface area contributed by atoms with Gasteiger partial charge in [0.25, 0.3) is 5.56 Å². The highest BCUT2D eigenvalue weighted by Gasteiger charge is 2.14. The van der Waals surface area contributed by atoms with Gasteiger partial charge in [-0.1, -0.05) is 37.7 Å². The number of carbonyl (C=O) groups is 2. The van der Waals surface area contributed by atoms with E-state index in [9.17, 15) is 14.4 Å². The smallest absolute Gasteiger partial charge is 0.337 e. The van der Waals surface area contributed by atoms with Crippen LogP contribution in [0.3, 0.4) is 0 Å². The van der Waals surface area contributed by atoms with Crippen LogP contribution in [0.5, 0.6) is 0 Å². The minimum atomic E-state index is -0.435. The number of fused-ring (bicyclic) bond motifs is 1. The minimum absolute atomic E-state index is 0.0902. The SMILES string of the molecule is COC(=O)c1ccc(NC(=O)CSc2nc3ccccc3c(=O)n2CCC(C)C)cc1. The van der Waals surface area contributed by atoms with Crippen LogP contribution in [0.1, 0.15) is 30.6 Å². The van der Waals surface area contributed by atoms with Crippen molar-refractivity contribution in [3.63, 3.8) is 0 Å². The van der Waals surface area contributed by atoms with E-state index in [1.807, 2.05) is 12.1 Å². The van der Waals surface area contributed by atoms with Gasteiger partial charge in [0.1, 0.15) is 0 Å². The van der Waals surface area contributed by atoms with Gasteiger partial charge in [-0.05, 0) is 48.7 Å². The molecule has 0 saturated carbocycles. The molecule has 0 bridgehead atoms. The molecule has 8 heteroatoms. The predicted octanol–water partition coefficient (Wildman–Crippen LogP) is 3.96. The van der Waals surface area contributed by atoms with E-state index in [2.05, 4.69) is 28.9 Å². The van der Waals surface area contributed by atoms with Gasteiger partial charge < -0.3 is 10.1 Å². The fraction of sp³-hybridized carbons (Fsp3) is 0.304. The van der Waals surface area contributed by atoms with E-state index in [4.69, 9.17) is 0 Å². The van der Waals surface area contributed by atoms with Crippen LogP contribution in [0.25, 0.3) is 10.9 Å². The largest absolute Gasteiger partial charge is 0.465 e. The summed E-state index contributed by atoms with van der Waals surface area (Å²) in [6.07, 6.45) is 0.840. The van der Waals surface area contributed by atoms with E-state index in [1.54, 1.807) is 41.0 Å². The molecule has 3 rings (SSSR count). The molecule has 0 atom stereocenters. The summed E-state index contributed by atoms with van der Waals surface area (Å²) < 4.78 is 6.32. The molecule has 0 fully saturated rings. The molecule has 162 valence electrons. The molecule has 31 heavy (non-hydrogen) atoms. The van der Waals surface area contributed by atoms with Gasteiger partial charge in [0.2, 0.25) is 5.91 Å². The van der Waals surface area contributed by atoms with E-state index in [-0.39, 0.29) is 17.2 Å². The van der Waals surface area contributed by atoms with E-state index in [1.165, 1.54) is 18.9 Å². The standard InChI is InChI=1S/C23H25N3O4S/c1-15(2)12-13-26-21(28)18-6-4-5-7-19(18)25-23(26)31-14-20(27)24-17-10-8-16(9-11-17)22(29)30-3/h4-11,15H,12-14H2,1-3H3,(H,24,27). The maximum Gasteiger partial charge on any atom is 0.337 e. The molecule has 0 aliphatic carbocycles.